The van der Waals surface area contributed by atoms with Crippen molar-refractivity contribution < 1.29 is 8.42 Å². The highest BCUT2D eigenvalue weighted by molar-refractivity contribution is 8.01. The molecule has 1 aliphatic heterocycles. The fourth-order valence-corrected chi connectivity index (χ4v) is 5.67. The average Bonchev–Trinajstić information content (AvgIpc) is 2.47. The Labute approximate surface area is 130 Å². The number of rotatable bonds is 4. The third-order valence-corrected chi connectivity index (χ3v) is 7.28. The first-order valence-corrected chi connectivity index (χ1v) is 10.1. The van der Waals surface area contributed by atoms with Gasteiger partial charge in [0.05, 0.1) is 0 Å². The Morgan fingerprint density at radius 1 is 1.45 bits per heavy atom. The Morgan fingerprint density at radius 3 is 2.80 bits per heavy atom. The van der Waals surface area contributed by atoms with Crippen molar-refractivity contribution in [1.82, 2.24) is 0 Å². The summed E-state index contributed by atoms with van der Waals surface area (Å²) in [5, 5.41) is -0.410. The molecule has 1 heterocycles. The molecule has 1 aromatic rings. The Kier molecular flexibility index (Phi) is 5.26. The largest absolute Gasteiger partial charge is 0.353 e. The summed E-state index contributed by atoms with van der Waals surface area (Å²) >= 11 is 7.59. The summed E-state index contributed by atoms with van der Waals surface area (Å²) in [7, 11) is -3.07. The van der Waals surface area contributed by atoms with Crippen LogP contribution in [0.15, 0.2) is 18.2 Å². The van der Waals surface area contributed by atoms with E-state index in [-0.39, 0.29) is 5.75 Å². The third kappa shape index (κ3) is 3.26. The number of benzene rings is 1. The van der Waals surface area contributed by atoms with Gasteiger partial charge in [0, 0.05) is 35.4 Å². The Hall–Kier alpha value is -0.390. The molecule has 0 radical (unpaired) electrons. The smallest absolute Gasteiger partial charge is 0.171 e. The predicted octanol–water partition coefficient (Wildman–Crippen LogP) is 3.05. The van der Waals surface area contributed by atoms with Gasteiger partial charge in [-0.15, -0.1) is 11.6 Å². The van der Waals surface area contributed by atoms with Gasteiger partial charge >= 0.3 is 0 Å². The van der Waals surface area contributed by atoms with Crippen LogP contribution in [0.5, 0.6) is 0 Å². The number of alkyl halides is 1. The van der Waals surface area contributed by atoms with E-state index in [0.717, 1.165) is 29.1 Å². The van der Waals surface area contributed by atoms with Gasteiger partial charge in [0.2, 0.25) is 0 Å². The summed E-state index contributed by atoms with van der Waals surface area (Å²) in [6.07, 6.45) is 0. The molecule has 0 aliphatic carbocycles. The fraction of sp³-hybridized carbons (Fsp3) is 0.571. The first-order chi connectivity index (χ1) is 9.49. The quantitative estimate of drug-likeness (QED) is 0.794. The maximum absolute atomic E-state index is 12.3. The number of hydrogen-bond acceptors (Lipinski definition) is 4. The van der Waals surface area contributed by atoms with Gasteiger partial charge < -0.3 is 4.90 Å². The molecule has 3 nitrogen and oxygen atoms in total. The van der Waals surface area contributed by atoms with Gasteiger partial charge in [-0.05, 0) is 30.2 Å². The van der Waals surface area contributed by atoms with Crippen molar-refractivity contribution in [3.8, 4) is 0 Å². The van der Waals surface area contributed by atoms with Crippen molar-refractivity contribution in [2.75, 3.05) is 28.7 Å². The molecule has 20 heavy (non-hydrogen) atoms. The molecule has 6 heteroatoms. The molecule has 1 aromatic carbocycles. The molecular formula is C14H20ClNO2S2. The van der Waals surface area contributed by atoms with E-state index in [1.165, 1.54) is 0 Å². The van der Waals surface area contributed by atoms with E-state index in [1.54, 1.807) is 18.7 Å². The second-order valence-electron chi connectivity index (χ2n) is 4.92. The van der Waals surface area contributed by atoms with Gasteiger partial charge in [-0.25, -0.2) is 8.42 Å². The zero-order valence-corrected chi connectivity index (χ0v) is 14.2. The van der Waals surface area contributed by atoms with Crippen molar-refractivity contribution in [3.63, 3.8) is 0 Å². The van der Waals surface area contributed by atoms with Crippen LogP contribution in [-0.4, -0.2) is 37.6 Å². The average molecular weight is 334 g/mol. The van der Waals surface area contributed by atoms with Crippen LogP contribution in [0.4, 0.5) is 5.69 Å². The van der Waals surface area contributed by atoms with E-state index >= 15 is 0 Å². The van der Waals surface area contributed by atoms with Crippen molar-refractivity contribution in [3.05, 3.63) is 29.3 Å². The van der Waals surface area contributed by atoms with Crippen LogP contribution in [-0.2, 0) is 15.7 Å². The van der Waals surface area contributed by atoms with E-state index in [1.807, 2.05) is 30.0 Å². The summed E-state index contributed by atoms with van der Waals surface area (Å²) < 4.78 is 24.5. The lowest BCUT2D eigenvalue weighted by atomic mass is 10.1. The molecule has 1 saturated heterocycles. The molecule has 0 bridgehead atoms. The van der Waals surface area contributed by atoms with E-state index < -0.39 is 15.2 Å². The number of sulfone groups is 1. The minimum absolute atomic E-state index is 0.188. The minimum atomic E-state index is -3.07. The highest BCUT2D eigenvalue weighted by atomic mass is 35.5. The van der Waals surface area contributed by atoms with Crippen LogP contribution in [0.2, 0.25) is 0 Å². The molecule has 112 valence electrons. The highest BCUT2D eigenvalue weighted by Crippen LogP contribution is 2.29. The fourth-order valence-electron chi connectivity index (χ4n) is 2.37. The molecule has 0 N–H and O–H groups in total. The van der Waals surface area contributed by atoms with Gasteiger partial charge in [-0.1, -0.05) is 13.0 Å². The topological polar surface area (TPSA) is 37.4 Å². The molecule has 1 aliphatic rings. The summed E-state index contributed by atoms with van der Waals surface area (Å²) in [4.78, 5) is 2.03. The normalized spacial score (nSPS) is 20.1. The van der Waals surface area contributed by atoms with Crippen LogP contribution in [0, 0.1) is 6.92 Å². The third-order valence-electron chi connectivity index (χ3n) is 3.70. The van der Waals surface area contributed by atoms with Crippen LogP contribution in [0.25, 0.3) is 0 Å². The minimum Gasteiger partial charge on any atom is -0.353 e. The maximum Gasteiger partial charge on any atom is 0.171 e. The van der Waals surface area contributed by atoms with Crippen molar-refractivity contribution in [1.29, 1.82) is 0 Å². The second kappa shape index (κ2) is 6.58. The zero-order valence-electron chi connectivity index (χ0n) is 11.8. The van der Waals surface area contributed by atoms with Gasteiger partial charge in [0.25, 0.3) is 0 Å². The number of thioether (sulfide) groups is 1. The van der Waals surface area contributed by atoms with Gasteiger partial charge in [0.1, 0.15) is 5.37 Å². The van der Waals surface area contributed by atoms with Crippen molar-refractivity contribution in [2.45, 2.75) is 25.1 Å². The zero-order chi connectivity index (χ0) is 14.8. The van der Waals surface area contributed by atoms with E-state index in [4.69, 9.17) is 11.6 Å². The Balaban J connectivity index is 2.35. The second-order valence-corrected chi connectivity index (χ2v) is 8.78. The van der Waals surface area contributed by atoms with Gasteiger partial charge in [0.15, 0.2) is 9.84 Å². The molecule has 0 aromatic heterocycles. The molecule has 1 atom stereocenters. The Bertz CT molecular complexity index is 575. The lowest BCUT2D eigenvalue weighted by molar-refractivity contribution is 0.579. The standard InChI is InChI=1S/C14H20ClNO2S2/c1-3-20(17,18)14-10-19-7-6-16(14)13-5-4-12(9-15)11(2)8-13/h4-5,8,14H,3,6-7,9-10H2,1-2H3. The number of nitrogens with zero attached hydrogens (tertiary/aromatic N) is 1. The molecule has 0 spiro atoms. The summed E-state index contributed by atoms with van der Waals surface area (Å²) in [5.41, 5.74) is 3.19. The highest BCUT2D eigenvalue weighted by Gasteiger charge is 2.33. The molecule has 1 unspecified atom stereocenters. The predicted molar refractivity (Wildman–Crippen MR) is 88.7 cm³/mol. The molecular weight excluding hydrogens is 314 g/mol. The number of anilines is 1. The lowest BCUT2D eigenvalue weighted by Crippen LogP contribution is -2.48. The SMILES string of the molecule is CCS(=O)(=O)C1CSCCN1c1ccc(CCl)c(C)c1. The van der Waals surface area contributed by atoms with Gasteiger partial charge in [-0.3, -0.25) is 0 Å². The van der Waals surface area contributed by atoms with Crippen molar-refractivity contribution >= 4 is 38.9 Å². The number of aryl methyl sites for hydroxylation is 1. The summed E-state index contributed by atoms with van der Waals surface area (Å²) in [5.74, 6) is 2.28. The van der Waals surface area contributed by atoms with Crippen LogP contribution in [0.1, 0.15) is 18.1 Å². The van der Waals surface area contributed by atoms with Gasteiger partial charge in [-0.2, -0.15) is 11.8 Å². The van der Waals surface area contributed by atoms with Crippen LogP contribution < -0.4 is 4.90 Å². The first-order valence-electron chi connectivity index (χ1n) is 6.71. The lowest BCUT2D eigenvalue weighted by Gasteiger charge is -2.36. The van der Waals surface area contributed by atoms with Crippen LogP contribution >= 0.6 is 23.4 Å². The van der Waals surface area contributed by atoms with Crippen LogP contribution in [0.3, 0.4) is 0 Å². The first kappa shape index (κ1) is 16.0. The van der Waals surface area contributed by atoms with E-state index in [9.17, 15) is 8.42 Å². The van der Waals surface area contributed by atoms with Crippen molar-refractivity contribution in [2.24, 2.45) is 0 Å². The monoisotopic (exact) mass is 333 g/mol. The number of hydrogen-bond donors (Lipinski definition) is 0. The van der Waals surface area contributed by atoms with E-state index in [2.05, 4.69) is 0 Å². The molecule has 0 saturated carbocycles. The molecule has 1 fully saturated rings. The number of halogens is 1. The maximum atomic E-state index is 12.3. The molecule has 0 amide bonds. The molecule has 2 rings (SSSR count). The Morgan fingerprint density at radius 2 is 2.20 bits per heavy atom. The van der Waals surface area contributed by atoms with E-state index in [0.29, 0.717) is 11.6 Å². The summed E-state index contributed by atoms with van der Waals surface area (Å²) in [6.45, 7) is 4.51. The summed E-state index contributed by atoms with van der Waals surface area (Å²) in [6, 6.07) is 6.03.